The van der Waals surface area contributed by atoms with Gasteiger partial charge in [-0.25, -0.2) is 8.42 Å². The van der Waals surface area contributed by atoms with Crippen LogP contribution in [-0.2, 0) is 9.84 Å². The smallest absolute Gasteiger partial charge is 0.176 e. The van der Waals surface area contributed by atoms with Crippen LogP contribution in [0.25, 0.3) is 11.1 Å². The highest BCUT2D eigenvalue weighted by Crippen LogP contribution is 2.40. The molecule has 106 valence electrons. The van der Waals surface area contributed by atoms with E-state index in [4.69, 9.17) is 15.2 Å². The average Bonchev–Trinajstić information content (AvgIpc) is 2.82. The summed E-state index contributed by atoms with van der Waals surface area (Å²) in [5, 5.41) is 6.40. The molecule has 8 heteroatoms. The monoisotopic (exact) mass is 295 g/mol. The van der Waals surface area contributed by atoms with Gasteiger partial charge in [0.25, 0.3) is 0 Å². The van der Waals surface area contributed by atoms with Crippen molar-refractivity contribution in [3.63, 3.8) is 0 Å². The molecule has 0 spiro atoms. The van der Waals surface area contributed by atoms with Crippen molar-refractivity contribution in [3.8, 4) is 22.6 Å². The summed E-state index contributed by atoms with van der Waals surface area (Å²) in [5.74, 6) is 1.22. The number of ether oxygens (including phenoxy) is 2. The number of anilines is 1. The molecule has 3 N–H and O–H groups in total. The van der Waals surface area contributed by atoms with Crippen LogP contribution >= 0.6 is 0 Å². The van der Waals surface area contributed by atoms with Crippen LogP contribution in [0.15, 0.2) is 23.2 Å². The fourth-order valence-corrected chi connectivity index (χ4v) is 2.99. The van der Waals surface area contributed by atoms with E-state index in [-0.39, 0.29) is 4.90 Å². The summed E-state index contributed by atoms with van der Waals surface area (Å²) in [5.41, 5.74) is 6.74. The van der Waals surface area contributed by atoms with Crippen molar-refractivity contribution in [2.75, 3.05) is 25.2 Å². The number of nitrogens with zero attached hydrogens (tertiary/aromatic N) is 1. The maximum Gasteiger partial charge on any atom is 0.176 e. The van der Waals surface area contributed by atoms with Gasteiger partial charge in [-0.2, -0.15) is 5.10 Å². The van der Waals surface area contributed by atoms with E-state index in [1.54, 1.807) is 6.07 Å². The van der Waals surface area contributed by atoms with E-state index in [1.807, 2.05) is 0 Å². The fraction of sp³-hybridized carbons (Fsp3) is 0.250. The number of H-pyrrole nitrogens is 1. The van der Waals surface area contributed by atoms with Crippen molar-refractivity contribution in [1.82, 2.24) is 10.2 Å². The number of fused-ring (bicyclic) bond motifs is 1. The van der Waals surface area contributed by atoms with Gasteiger partial charge in [-0.05, 0) is 6.07 Å². The first-order valence-corrected chi connectivity index (χ1v) is 7.79. The maximum atomic E-state index is 12.0. The van der Waals surface area contributed by atoms with Crippen molar-refractivity contribution in [2.45, 2.75) is 4.90 Å². The maximum absolute atomic E-state index is 12.0. The van der Waals surface area contributed by atoms with Crippen LogP contribution in [0.3, 0.4) is 0 Å². The van der Waals surface area contributed by atoms with E-state index in [1.165, 1.54) is 12.3 Å². The zero-order chi connectivity index (χ0) is 14.3. The lowest BCUT2D eigenvalue weighted by Gasteiger charge is -2.20. The molecule has 0 fully saturated rings. The van der Waals surface area contributed by atoms with Crippen molar-refractivity contribution in [1.29, 1.82) is 0 Å². The highest BCUT2D eigenvalue weighted by atomic mass is 32.2. The summed E-state index contributed by atoms with van der Waals surface area (Å²) < 4.78 is 34.9. The van der Waals surface area contributed by atoms with Crippen LogP contribution < -0.4 is 15.2 Å². The summed E-state index contributed by atoms with van der Waals surface area (Å²) in [6, 6.07) is 3.08. The summed E-state index contributed by atoms with van der Waals surface area (Å²) in [6.07, 6.45) is 2.62. The topological polar surface area (TPSA) is 107 Å². The number of aromatic nitrogens is 2. The zero-order valence-electron chi connectivity index (χ0n) is 10.7. The molecule has 20 heavy (non-hydrogen) atoms. The summed E-state index contributed by atoms with van der Waals surface area (Å²) >= 11 is 0. The van der Waals surface area contributed by atoms with Gasteiger partial charge in [0.15, 0.2) is 21.3 Å². The standard InChI is InChI=1S/C12H13N3O4S/c1-20(16,17)11-5-10-9(18-2-3-19-10)4-7(11)8-6-14-15-12(8)13/h4-6H,2-3H2,1H3,(H3,13,14,15). The van der Waals surface area contributed by atoms with Crippen LogP contribution in [0.5, 0.6) is 11.5 Å². The predicted octanol–water partition coefficient (Wildman–Crippen LogP) is 0.834. The van der Waals surface area contributed by atoms with Gasteiger partial charge < -0.3 is 15.2 Å². The summed E-state index contributed by atoms with van der Waals surface area (Å²) in [7, 11) is -3.44. The van der Waals surface area contributed by atoms with E-state index in [0.717, 1.165) is 6.26 Å². The van der Waals surface area contributed by atoms with E-state index < -0.39 is 9.84 Å². The van der Waals surface area contributed by atoms with Gasteiger partial charge in [0.05, 0.1) is 11.1 Å². The molecule has 1 aromatic carbocycles. The molecule has 0 radical (unpaired) electrons. The van der Waals surface area contributed by atoms with Crippen LogP contribution in [0, 0.1) is 0 Å². The Morgan fingerprint density at radius 3 is 2.40 bits per heavy atom. The quantitative estimate of drug-likeness (QED) is 0.850. The first-order valence-electron chi connectivity index (χ1n) is 5.90. The van der Waals surface area contributed by atoms with Crippen molar-refractivity contribution < 1.29 is 17.9 Å². The molecule has 0 saturated carbocycles. The number of nitrogens with one attached hydrogen (secondary N) is 1. The molecule has 1 aliphatic heterocycles. The Balaban J connectivity index is 2.29. The van der Waals surface area contributed by atoms with Gasteiger partial charge in [0.1, 0.15) is 19.0 Å². The minimum Gasteiger partial charge on any atom is -0.486 e. The number of benzene rings is 1. The van der Waals surface area contributed by atoms with Crippen LogP contribution in [0.2, 0.25) is 0 Å². The number of nitrogen functional groups attached to an aromatic ring is 1. The van der Waals surface area contributed by atoms with Crippen LogP contribution in [0.1, 0.15) is 0 Å². The molecule has 0 amide bonds. The van der Waals surface area contributed by atoms with Gasteiger partial charge in [0, 0.05) is 23.4 Å². The van der Waals surface area contributed by atoms with Crippen molar-refractivity contribution >= 4 is 15.7 Å². The third-order valence-electron chi connectivity index (χ3n) is 3.00. The Morgan fingerprint density at radius 1 is 1.20 bits per heavy atom. The minimum atomic E-state index is -3.44. The number of hydrogen-bond donors (Lipinski definition) is 2. The molecule has 1 aliphatic rings. The van der Waals surface area contributed by atoms with Crippen molar-refractivity contribution in [3.05, 3.63) is 18.3 Å². The van der Waals surface area contributed by atoms with Gasteiger partial charge in [-0.1, -0.05) is 0 Å². The molecule has 0 unspecified atom stereocenters. The second-order valence-corrected chi connectivity index (χ2v) is 6.45. The zero-order valence-corrected chi connectivity index (χ0v) is 11.5. The molecule has 2 aromatic rings. The third kappa shape index (κ3) is 2.07. The SMILES string of the molecule is CS(=O)(=O)c1cc2c(cc1-c1cn[nH]c1N)OCCO2. The second kappa shape index (κ2) is 4.41. The minimum absolute atomic E-state index is 0.134. The number of rotatable bonds is 2. The Kier molecular flexibility index (Phi) is 2.82. The van der Waals surface area contributed by atoms with Crippen LogP contribution in [-0.4, -0.2) is 38.1 Å². The van der Waals surface area contributed by atoms with E-state index in [9.17, 15) is 8.42 Å². The number of hydrogen-bond acceptors (Lipinski definition) is 6. The summed E-state index contributed by atoms with van der Waals surface area (Å²) in [6.45, 7) is 0.814. The van der Waals surface area contributed by atoms with Gasteiger partial charge in [0.2, 0.25) is 0 Å². The first kappa shape index (κ1) is 12.8. The molecule has 2 heterocycles. The van der Waals surface area contributed by atoms with E-state index in [0.29, 0.717) is 41.7 Å². The number of nitrogens with two attached hydrogens (primary N) is 1. The number of sulfone groups is 1. The van der Waals surface area contributed by atoms with Gasteiger partial charge in [-0.3, -0.25) is 5.10 Å². The van der Waals surface area contributed by atoms with E-state index in [2.05, 4.69) is 10.2 Å². The normalized spacial score (nSPS) is 14.2. The van der Waals surface area contributed by atoms with Gasteiger partial charge in [-0.15, -0.1) is 0 Å². The Morgan fingerprint density at radius 2 is 1.85 bits per heavy atom. The molecular weight excluding hydrogens is 282 g/mol. The highest BCUT2D eigenvalue weighted by Gasteiger charge is 2.23. The molecule has 0 bridgehead atoms. The lowest BCUT2D eigenvalue weighted by molar-refractivity contribution is 0.171. The fourth-order valence-electron chi connectivity index (χ4n) is 2.10. The second-order valence-electron chi connectivity index (χ2n) is 4.46. The third-order valence-corrected chi connectivity index (χ3v) is 4.14. The Labute approximate surface area is 115 Å². The number of aromatic amines is 1. The van der Waals surface area contributed by atoms with E-state index >= 15 is 0 Å². The molecule has 1 aromatic heterocycles. The molecule has 0 saturated heterocycles. The lowest BCUT2D eigenvalue weighted by Crippen LogP contribution is -2.16. The van der Waals surface area contributed by atoms with Crippen LogP contribution in [0.4, 0.5) is 5.82 Å². The lowest BCUT2D eigenvalue weighted by atomic mass is 10.1. The molecule has 0 aliphatic carbocycles. The largest absolute Gasteiger partial charge is 0.486 e. The first-order chi connectivity index (χ1) is 9.47. The highest BCUT2D eigenvalue weighted by molar-refractivity contribution is 7.90. The average molecular weight is 295 g/mol. The molecule has 3 rings (SSSR count). The molecule has 7 nitrogen and oxygen atoms in total. The Hall–Kier alpha value is -2.22. The van der Waals surface area contributed by atoms with Crippen molar-refractivity contribution in [2.24, 2.45) is 0 Å². The van der Waals surface area contributed by atoms with Gasteiger partial charge >= 0.3 is 0 Å². The molecule has 0 atom stereocenters. The summed E-state index contributed by atoms with van der Waals surface area (Å²) in [4.78, 5) is 0.134. The Bertz CT molecular complexity index is 767. The molecular formula is C12H13N3O4S. The predicted molar refractivity (Wildman–Crippen MR) is 72.5 cm³/mol.